The van der Waals surface area contributed by atoms with Crippen molar-refractivity contribution in [3.63, 3.8) is 0 Å². The van der Waals surface area contributed by atoms with Gasteiger partial charge in [-0.3, -0.25) is 10.2 Å². The molecule has 156 valence electrons. The second kappa shape index (κ2) is 9.21. The number of carbonyl (C=O) groups excluding carboxylic acids is 1. The Hall–Kier alpha value is -4.00. The largest absolute Gasteiger partial charge is 0.457 e. The predicted molar refractivity (Wildman–Crippen MR) is 120 cm³/mol. The van der Waals surface area contributed by atoms with Gasteiger partial charge in [-0.1, -0.05) is 24.8 Å². The van der Waals surface area contributed by atoms with E-state index in [0.29, 0.717) is 35.9 Å². The molecule has 2 heterocycles. The Kier molecular flexibility index (Phi) is 6.03. The van der Waals surface area contributed by atoms with E-state index in [0.717, 1.165) is 17.7 Å². The second-order valence-electron chi connectivity index (χ2n) is 7.22. The lowest BCUT2D eigenvalue weighted by atomic mass is 10.0. The molecule has 2 N–H and O–H groups in total. The number of hydrogen-bond acceptors (Lipinski definition) is 6. The maximum absolute atomic E-state index is 11.8. The van der Waals surface area contributed by atoms with Crippen LogP contribution in [0.2, 0.25) is 0 Å². The summed E-state index contributed by atoms with van der Waals surface area (Å²) in [6.45, 7) is 4.79. The molecular formula is C24H23N5O2. The lowest BCUT2D eigenvalue weighted by molar-refractivity contribution is -0.125. The van der Waals surface area contributed by atoms with Crippen molar-refractivity contribution in [2.75, 3.05) is 18.4 Å². The van der Waals surface area contributed by atoms with Crippen molar-refractivity contribution in [3.05, 3.63) is 90.9 Å². The number of nitrogens with one attached hydrogen (secondary N) is 2. The molecule has 0 spiro atoms. The Labute approximate surface area is 180 Å². The number of nitrogens with zero attached hydrogens (tertiary/aromatic N) is 3. The number of likely N-dealkylation sites (tertiary alicyclic amines) is 1. The Morgan fingerprint density at radius 3 is 2.65 bits per heavy atom. The molecule has 1 fully saturated rings. The zero-order chi connectivity index (χ0) is 21.6. The van der Waals surface area contributed by atoms with E-state index >= 15 is 0 Å². The van der Waals surface area contributed by atoms with Gasteiger partial charge in [-0.25, -0.2) is 9.97 Å². The summed E-state index contributed by atoms with van der Waals surface area (Å²) in [5.74, 6) is 1.97. The van der Waals surface area contributed by atoms with E-state index in [9.17, 15) is 4.79 Å². The van der Waals surface area contributed by atoms with Gasteiger partial charge >= 0.3 is 0 Å². The van der Waals surface area contributed by atoms with Gasteiger partial charge in [-0.05, 0) is 48.9 Å². The number of benzene rings is 2. The molecule has 7 heteroatoms. The van der Waals surface area contributed by atoms with Gasteiger partial charge in [0, 0.05) is 30.9 Å². The first-order valence-electron chi connectivity index (χ1n) is 10.0. The van der Waals surface area contributed by atoms with Crippen LogP contribution >= 0.6 is 0 Å². The summed E-state index contributed by atoms with van der Waals surface area (Å²) in [7, 11) is 0. The fourth-order valence-corrected chi connectivity index (χ4v) is 3.50. The van der Waals surface area contributed by atoms with Gasteiger partial charge < -0.3 is 15.0 Å². The molecule has 2 aromatic carbocycles. The molecular weight excluding hydrogens is 390 g/mol. The third kappa shape index (κ3) is 4.78. The van der Waals surface area contributed by atoms with Crippen LogP contribution in [-0.4, -0.2) is 45.6 Å². The molecule has 1 saturated heterocycles. The van der Waals surface area contributed by atoms with Gasteiger partial charge in [0.1, 0.15) is 23.6 Å². The minimum absolute atomic E-state index is 0.0620. The Balaban J connectivity index is 1.47. The lowest BCUT2D eigenvalue weighted by Crippen LogP contribution is -2.30. The van der Waals surface area contributed by atoms with Gasteiger partial charge in [0.05, 0.1) is 11.3 Å². The van der Waals surface area contributed by atoms with E-state index in [2.05, 4.69) is 21.9 Å². The molecule has 1 amide bonds. The number of anilines is 1. The number of aromatic nitrogens is 2. The molecule has 4 rings (SSSR count). The van der Waals surface area contributed by atoms with Crippen molar-refractivity contribution in [2.24, 2.45) is 0 Å². The fraction of sp³-hybridized carbons (Fsp3) is 0.167. The highest BCUT2D eigenvalue weighted by molar-refractivity contribution is 6.13. The van der Waals surface area contributed by atoms with E-state index in [1.54, 1.807) is 11.1 Å². The summed E-state index contributed by atoms with van der Waals surface area (Å²) >= 11 is 0. The van der Waals surface area contributed by atoms with E-state index in [4.69, 9.17) is 10.1 Å². The highest BCUT2D eigenvalue weighted by Gasteiger charge is 2.26. The normalized spacial score (nSPS) is 15.4. The fourth-order valence-electron chi connectivity index (χ4n) is 3.50. The summed E-state index contributed by atoms with van der Waals surface area (Å²) in [4.78, 5) is 22.0. The SMILES string of the molecule is C=CC(=O)N1CC[C@@H](Nc2ncncc2C(=N)c2ccc(Oc3ccccc3)cc2)C1. The molecule has 1 aliphatic rings. The zero-order valence-corrected chi connectivity index (χ0v) is 17.0. The van der Waals surface area contributed by atoms with Crippen LogP contribution in [0.1, 0.15) is 17.5 Å². The first-order chi connectivity index (χ1) is 15.1. The maximum atomic E-state index is 11.8. The van der Waals surface area contributed by atoms with Crippen molar-refractivity contribution >= 4 is 17.4 Å². The standard InChI is InChI=1S/C24H23N5O2/c1-2-22(30)29-13-12-18(15-29)28-24-21(14-26-16-27-24)23(25)17-8-10-20(11-9-17)31-19-6-4-3-5-7-19/h2-11,14,16,18,25H,1,12-13,15H2,(H,26,27,28)/t18-/m1/s1. The van der Waals surface area contributed by atoms with Crippen LogP contribution in [0.4, 0.5) is 5.82 Å². The van der Waals surface area contributed by atoms with Crippen molar-refractivity contribution in [3.8, 4) is 11.5 Å². The number of para-hydroxylation sites is 1. The van der Waals surface area contributed by atoms with Gasteiger partial charge in [-0.15, -0.1) is 0 Å². The van der Waals surface area contributed by atoms with Crippen LogP contribution < -0.4 is 10.1 Å². The third-order valence-corrected chi connectivity index (χ3v) is 5.12. The van der Waals surface area contributed by atoms with E-state index in [-0.39, 0.29) is 11.9 Å². The topological polar surface area (TPSA) is 91.2 Å². The summed E-state index contributed by atoms with van der Waals surface area (Å²) in [6, 6.07) is 17.0. The molecule has 0 radical (unpaired) electrons. The average Bonchev–Trinajstić information content (AvgIpc) is 3.28. The molecule has 1 atom stereocenters. The third-order valence-electron chi connectivity index (χ3n) is 5.12. The Morgan fingerprint density at radius 1 is 1.16 bits per heavy atom. The number of ether oxygens (including phenoxy) is 1. The monoisotopic (exact) mass is 413 g/mol. The Bertz CT molecular complexity index is 1080. The molecule has 31 heavy (non-hydrogen) atoms. The summed E-state index contributed by atoms with van der Waals surface area (Å²) < 4.78 is 5.82. The minimum atomic E-state index is -0.0715. The highest BCUT2D eigenvalue weighted by Crippen LogP contribution is 2.24. The number of hydrogen-bond donors (Lipinski definition) is 2. The molecule has 1 aromatic heterocycles. The number of amides is 1. The lowest BCUT2D eigenvalue weighted by Gasteiger charge is -2.17. The number of rotatable bonds is 7. The maximum Gasteiger partial charge on any atom is 0.246 e. The van der Waals surface area contributed by atoms with Crippen LogP contribution in [0.25, 0.3) is 0 Å². The predicted octanol–water partition coefficient (Wildman–Crippen LogP) is 3.88. The smallest absolute Gasteiger partial charge is 0.246 e. The van der Waals surface area contributed by atoms with Crippen LogP contribution in [0.15, 0.2) is 79.8 Å². The molecule has 0 aliphatic carbocycles. The van der Waals surface area contributed by atoms with E-state index in [1.165, 1.54) is 12.4 Å². The van der Waals surface area contributed by atoms with E-state index < -0.39 is 0 Å². The Morgan fingerprint density at radius 2 is 1.90 bits per heavy atom. The van der Waals surface area contributed by atoms with Gasteiger partial charge in [-0.2, -0.15) is 0 Å². The zero-order valence-electron chi connectivity index (χ0n) is 17.0. The van der Waals surface area contributed by atoms with Crippen molar-refractivity contribution in [2.45, 2.75) is 12.5 Å². The minimum Gasteiger partial charge on any atom is -0.457 e. The molecule has 1 aliphatic heterocycles. The first kappa shape index (κ1) is 20.3. The molecule has 0 unspecified atom stereocenters. The summed E-state index contributed by atoms with van der Waals surface area (Å²) in [6.07, 6.45) is 5.23. The molecule has 0 saturated carbocycles. The van der Waals surface area contributed by atoms with Gasteiger partial charge in [0.15, 0.2) is 0 Å². The number of carbonyl (C=O) groups is 1. The van der Waals surface area contributed by atoms with Crippen LogP contribution in [0, 0.1) is 5.41 Å². The summed E-state index contributed by atoms with van der Waals surface area (Å²) in [5.41, 5.74) is 1.65. The van der Waals surface area contributed by atoms with Gasteiger partial charge in [0.2, 0.25) is 5.91 Å². The van der Waals surface area contributed by atoms with Crippen LogP contribution in [-0.2, 0) is 4.79 Å². The van der Waals surface area contributed by atoms with Crippen molar-refractivity contribution in [1.29, 1.82) is 5.41 Å². The summed E-state index contributed by atoms with van der Waals surface area (Å²) in [5, 5.41) is 12.0. The van der Waals surface area contributed by atoms with E-state index in [1.807, 2.05) is 54.6 Å². The van der Waals surface area contributed by atoms with Crippen LogP contribution in [0.3, 0.4) is 0 Å². The van der Waals surface area contributed by atoms with Gasteiger partial charge in [0.25, 0.3) is 0 Å². The molecule has 0 bridgehead atoms. The van der Waals surface area contributed by atoms with Crippen molar-refractivity contribution < 1.29 is 9.53 Å². The average molecular weight is 413 g/mol. The first-order valence-corrected chi connectivity index (χ1v) is 10.0. The quantitative estimate of drug-likeness (QED) is 0.453. The molecule has 3 aromatic rings. The van der Waals surface area contributed by atoms with Crippen molar-refractivity contribution in [1.82, 2.24) is 14.9 Å². The molecule has 7 nitrogen and oxygen atoms in total. The highest BCUT2D eigenvalue weighted by atomic mass is 16.5. The second-order valence-corrected chi connectivity index (χ2v) is 7.22. The van der Waals surface area contributed by atoms with Crippen LogP contribution in [0.5, 0.6) is 11.5 Å².